The number of nitrogens with zero attached hydrogens (tertiary/aromatic N) is 2. The van der Waals surface area contributed by atoms with Crippen molar-refractivity contribution in [2.45, 2.75) is 19.9 Å². The van der Waals surface area contributed by atoms with E-state index in [-0.39, 0.29) is 16.6 Å². The van der Waals surface area contributed by atoms with E-state index in [0.29, 0.717) is 18.8 Å². The van der Waals surface area contributed by atoms with E-state index in [4.69, 9.17) is 17.3 Å². The van der Waals surface area contributed by atoms with Gasteiger partial charge in [-0.2, -0.15) is 5.10 Å². The van der Waals surface area contributed by atoms with Crippen LogP contribution in [0.5, 0.6) is 0 Å². The van der Waals surface area contributed by atoms with Gasteiger partial charge < -0.3 is 16.4 Å². The second-order valence-electron chi connectivity index (χ2n) is 3.93. The van der Waals surface area contributed by atoms with Crippen LogP contribution < -0.4 is 21.9 Å². The largest absolute Gasteiger partial charge is 0.381 e. The summed E-state index contributed by atoms with van der Waals surface area (Å²) in [6, 6.07) is -0.656. The monoisotopic (exact) mass is 273 g/mol. The summed E-state index contributed by atoms with van der Waals surface area (Å²) in [4.78, 5) is 22.3. The lowest BCUT2D eigenvalue weighted by Crippen LogP contribution is -2.33. The summed E-state index contributed by atoms with van der Waals surface area (Å²) in [7, 11) is 0. The Morgan fingerprint density at radius 2 is 2.22 bits per heavy atom. The zero-order chi connectivity index (χ0) is 13.7. The van der Waals surface area contributed by atoms with E-state index in [2.05, 4.69) is 15.7 Å². The van der Waals surface area contributed by atoms with Gasteiger partial charge in [-0.1, -0.05) is 11.6 Å². The van der Waals surface area contributed by atoms with Crippen molar-refractivity contribution in [2.24, 2.45) is 5.73 Å². The minimum absolute atomic E-state index is 0.0550. The summed E-state index contributed by atoms with van der Waals surface area (Å²) in [6.07, 6.45) is 1.48. The highest BCUT2D eigenvalue weighted by atomic mass is 35.5. The van der Waals surface area contributed by atoms with Crippen molar-refractivity contribution in [1.29, 1.82) is 0 Å². The Balaban J connectivity index is 2.71. The van der Waals surface area contributed by atoms with Crippen LogP contribution in [-0.4, -0.2) is 28.9 Å². The fourth-order valence-corrected chi connectivity index (χ4v) is 1.52. The molecule has 8 heteroatoms. The summed E-state index contributed by atoms with van der Waals surface area (Å²) in [5.41, 5.74) is 5.00. The number of hydrogen-bond donors (Lipinski definition) is 3. The zero-order valence-electron chi connectivity index (χ0n) is 10.2. The maximum atomic E-state index is 11.8. The second kappa shape index (κ2) is 6.25. The molecule has 1 rings (SSSR count). The average molecular weight is 274 g/mol. The first-order valence-electron chi connectivity index (χ1n) is 5.48. The number of nitrogens with two attached hydrogens (primary N) is 1. The van der Waals surface area contributed by atoms with Crippen molar-refractivity contribution in [3.05, 3.63) is 21.6 Å². The summed E-state index contributed by atoms with van der Waals surface area (Å²) in [5.74, 6) is 0. The number of urea groups is 1. The number of aromatic nitrogens is 2. The van der Waals surface area contributed by atoms with Gasteiger partial charge in [0.05, 0.1) is 17.9 Å². The van der Waals surface area contributed by atoms with E-state index >= 15 is 0 Å². The maximum Gasteiger partial charge on any atom is 0.312 e. The minimum atomic E-state index is -0.601. The molecule has 100 valence electrons. The van der Waals surface area contributed by atoms with Crippen LogP contribution in [0, 0.1) is 0 Å². The molecule has 0 fully saturated rings. The van der Waals surface area contributed by atoms with Crippen LogP contribution >= 0.6 is 11.6 Å². The number of anilines is 1. The lowest BCUT2D eigenvalue weighted by atomic mass is 10.4. The van der Waals surface area contributed by atoms with E-state index in [1.54, 1.807) is 0 Å². The fraction of sp³-hybridized carbons (Fsp3) is 0.500. The van der Waals surface area contributed by atoms with Crippen molar-refractivity contribution >= 4 is 23.3 Å². The van der Waals surface area contributed by atoms with Gasteiger partial charge in [-0.25, -0.2) is 9.48 Å². The summed E-state index contributed by atoms with van der Waals surface area (Å²) in [6.45, 7) is 4.41. The van der Waals surface area contributed by atoms with Crippen LogP contribution in [0.1, 0.15) is 19.9 Å². The van der Waals surface area contributed by atoms with Crippen LogP contribution in [-0.2, 0) is 0 Å². The van der Waals surface area contributed by atoms with Gasteiger partial charge in [0.25, 0.3) is 5.56 Å². The summed E-state index contributed by atoms with van der Waals surface area (Å²) < 4.78 is 1.30. The molecule has 0 spiro atoms. The quantitative estimate of drug-likeness (QED) is 0.682. The SMILES string of the molecule is CC(C)n1ncc(NCCNC(N)=O)c(Cl)c1=O. The molecular weight excluding hydrogens is 258 g/mol. The fourth-order valence-electron chi connectivity index (χ4n) is 1.32. The highest BCUT2D eigenvalue weighted by Gasteiger charge is 2.10. The molecule has 7 nitrogen and oxygen atoms in total. The average Bonchev–Trinajstić information content (AvgIpc) is 2.29. The first kappa shape index (κ1) is 14.3. The van der Waals surface area contributed by atoms with Crippen molar-refractivity contribution in [2.75, 3.05) is 18.4 Å². The Hall–Kier alpha value is -1.76. The minimum Gasteiger partial charge on any atom is -0.381 e. The van der Waals surface area contributed by atoms with Gasteiger partial charge in [0.15, 0.2) is 0 Å². The second-order valence-corrected chi connectivity index (χ2v) is 4.31. The molecule has 0 bridgehead atoms. The van der Waals surface area contributed by atoms with Gasteiger partial charge in [-0.3, -0.25) is 4.79 Å². The van der Waals surface area contributed by atoms with Gasteiger partial charge in [-0.05, 0) is 13.8 Å². The third-order valence-electron chi connectivity index (χ3n) is 2.17. The number of primary amides is 1. The molecule has 18 heavy (non-hydrogen) atoms. The normalized spacial score (nSPS) is 10.4. The van der Waals surface area contributed by atoms with Crippen LogP contribution in [0.4, 0.5) is 10.5 Å². The summed E-state index contributed by atoms with van der Waals surface area (Å²) >= 11 is 5.94. The first-order chi connectivity index (χ1) is 8.43. The highest BCUT2D eigenvalue weighted by molar-refractivity contribution is 6.32. The molecule has 0 unspecified atom stereocenters. The first-order valence-corrected chi connectivity index (χ1v) is 5.85. The molecule has 1 aromatic heterocycles. The molecule has 1 aromatic rings. The number of nitrogens with one attached hydrogen (secondary N) is 2. The number of halogens is 1. The molecule has 0 saturated carbocycles. The number of amides is 2. The van der Waals surface area contributed by atoms with E-state index in [1.807, 2.05) is 13.8 Å². The zero-order valence-corrected chi connectivity index (χ0v) is 11.0. The van der Waals surface area contributed by atoms with E-state index in [0.717, 1.165) is 0 Å². The van der Waals surface area contributed by atoms with Gasteiger partial charge >= 0.3 is 6.03 Å². The molecule has 4 N–H and O–H groups in total. The Morgan fingerprint density at radius 3 is 2.78 bits per heavy atom. The maximum absolute atomic E-state index is 11.8. The Kier molecular flexibility index (Phi) is 4.96. The molecule has 0 aliphatic rings. The Labute approximate surface area is 109 Å². The summed E-state index contributed by atoms with van der Waals surface area (Å²) in [5, 5.41) is 9.39. The molecular formula is C10H16ClN5O2. The Morgan fingerprint density at radius 1 is 1.56 bits per heavy atom. The topological polar surface area (TPSA) is 102 Å². The molecule has 0 aliphatic carbocycles. The van der Waals surface area contributed by atoms with Crippen LogP contribution in [0.15, 0.2) is 11.0 Å². The molecule has 0 aromatic carbocycles. The lowest BCUT2D eigenvalue weighted by Gasteiger charge is -2.12. The van der Waals surface area contributed by atoms with E-state index in [1.165, 1.54) is 10.9 Å². The standard InChI is InChI=1S/C10H16ClN5O2/c1-6(2)16-9(17)8(11)7(5-15-16)13-3-4-14-10(12)18/h5-6,13H,3-4H2,1-2H3,(H3,12,14,18). The van der Waals surface area contributed by atoms with E-state index < -0.39 is 6.03 Å². The molecule has 0 atom stereocenters. The molecule has 0 saturated heterocycles. The van der Waals surface area contributed by atoms with Crippen molar-refractivity contribution < 1.29 is 4.79 Å². The lowest BCUT2D eigenvalue weighted by molar-refractivity contribution is 0.249. The van der Waals surface area contributed by atoms with Gasteiger partial charge in [0.2, 0.25) is 0 Å². The van der Waals surface area contributed by atoms with Gasteiger partial charge in [0, 0.05) is 13.1 Å². The van der Waals surface area contributed by atoms with Crippen molar-refractivity contribution in [3.8, 4) is 0 Å². The number of carbonyl (C=O) groups is 1. The number of carbonyl (C=O) groups excluding carboxylic acids is 1. The predicted molar refractivity (Wildman–Crippen MR) is 70.0 cm³/mol. The van der Waals surface area contributed by atoms with Crippen molar-refractivity contribution in [1.82, 2.24) is 15.1 Å². The number of rotatable bonds is 5. The van der Waals surface area contributed by atoms with Crippen LogP contribution in [0.3, 0.4) is 0 Å². The Bertz CT molecular complexity index is 486. The van der Waals surface area contributed by atoms with Gasteiger partial charge in [0.1, 0.15) is 5.02 Å². The highest BCUT2D eigenvalue weighted by Crippen LogP contribution is 2.15. The molecule has 2 amide bonds. The molecule has 1 heterocycles. The third kappa shape index (κ3) is 3.63. The number of hydrogen-bond acceptors (Lipinski definition) is 4. The van der Waals surface area contributed by atoms with E-state index in [9.17, 15) is 9.59 Å². The van der Waals surface area contributed by atoms with Crippen LogP contribution in [0.2, 0.25) is 5.02 Å². The van der Waals surface area contributed by atoms with Crippen LogP contribution in [0.25, 0.3) is 0 Å². The molecule has 0 aliphatic heterocycles. The predicted octanol–water partition coefficient (Wildman–Crippen LogP) is 0.558. The smallest absolute Gasteiger partial charge is 0.312 e. The molecule has 0 radical (unpaired) electrons. The van der Waals surface area contributed by atoms with Crippen molar-refractivity contribution in [3.63, 3.8) is 0 Å². The third-order valence-corrected chi connectivity index (χ3v) is 2.54. The van der Waals surface area contributed by atoms with Gasteiger partial charge in [-0.15, -0.1) is 0 Å².